The van der Waals surface area contributed by atoms with Gasteiger partial charge < -0.3 is 5.32 Å². The molecule has 6 nitrogen and oxygen atoms in total. The summed E-state index contributed by atoms with van der Waals surface area (Å²) in [6.07, 6.45) is 1.99. The van der Waals surface area contributed by atoms with Crippen LogP contribution in [0.1, 0.15) is 6.42 Å². The maximum Gasteiger partial charge on any atom is 0.442 e. The number of amides is 1. The zero-order valence-electron chi connectivity index (χ0n) is 11.3. The molecule has 0 spiro atoms. The molecule has 0 aromatic carbocycles. The van der Waals surface area contributed by atoms with Gasteiger partial charge in [0, 0.05) is 19.3 Å². The fourth-order valence-corrected chi connectivity index (χ4v) is 2.17. The average molecular weight is 334 g/mol. The molecule has 0 bridgehead atoms. The molecule has 2 aromatic rings. The summed E-state index contributed by atoms with van der Waals surface area (Å²) >= 11 is -0.381. The summed E-state index contributed by atoms with van der Waals surface area (Å²) in [7, 11) is 0. The number of carbonyl (C=O) groups excluding carboxylic acids is 1. The smallest absolute Gasteiger partial charge is 0.355 e. The molecule has 0 unspecified atom stereocenters. The highest BCUT2D eigenvalue weighted by molar-refractivity contribution is 8.00. The number of fused-ring (bicyclic) bond motifs is 1. The van der Waals surface area contributed by atoms with Gasteiger partial charge in [-0.15, -0.1) is 5.10 Å². The molecule has 0 fully saturated rings. The number of thioether (sulfide) groups is 1. The number of aromatic nitrogens is 3. The second kappa shape index (κ2) is 6.86. The van der Waals surface area contributed by atoms with E-state index in [2.05, 4.69) is 10.4 Å². The van der Waals surface area contributed by atoms with Crippen molar-refractivity contribution in [3.63, 3.8) is 0 Å². The highest BCUT2D eigenvalue weighted by Crippen LogP contribution is 2.29. The van der Waals surface area contributed by atoms with E-state index in [1.807, 2.05) is 0 Å². The molecule has 0 aliphatic heterocycles. The Hall–Kier alpha value is -1.97. The molecule has 0 radical (unpaired) electrons. The molecule has 2 rings (SSSR count). The number of hydrogen-bond acceptors (Lipinski definition) is 4. The van der Waals surface area contributed by atoms with Crippen molar-refractivity contribution in [2.45, 2.75) is 18.5 Å². The van der Waals surface area contributed by atoms with Crippen LogP contribution >= 0.6 is 11.8 Å². The highest BCUT2D eigenvalue weighted by atomic mass is 32.2. The Bertz CT molecular complexity index is 710. The lowest BCUT2D eigenvalue weighted by molar-refractivity contribution is -0.118. The quantitative estimate of drug-likeness (QED) is 0.808. The minimum atomic E-state index is -4.42. The van der Waals surface area contributed by atoms with Crippen LogP contribution < -0.4 is 11.0 Å². The van der Waals surface area contributed by atoms with E-state index in [-0.39, 0.29) is 30.5 Å². The number of hydrogen-bond donors (Lipinski definition) is 1. The lowest BCUT2D eigenvalue weighted by Crippen LogP contribution is -2.29. The van der Waals surface area contributed by atoms with Gasteiger partial charge in [0.2, 0.25) is 5.91 Å². The number of carbonyl (C=O) groups is 1. The number of pyridine rings is 1. The van der Waals surface area contributed by atoms with E-state index in [1.165, 1.54) is 9.08 Å². The first-order valence-corrected chi connectivity index (χ1v) is 7.37. The molecule has 0 aliphatic rings. The molecule has 0 saturated carbocycles. The van der Waals surface area contributed by atoms with E-state index in [4.69, 9.17) is 0 Å². The monoisotopic (exact) mass is 334 g/mol. The second-order valence-corrected chi connectivity index (χ2v) is 5.41. The summed E-state index contributed by atoms with van der Waals surface area (Å²) in [5.74, 6) is -1.36. The summed E-state index contributed by atoms with van der Waals surface area (Å²) in [6, 6.07) is 5.15. The summed E-state index contributed by atoms with van der Waals surface area (Å²) < 4.78 is 38.4. The van der Waals surface area contributed by atoms with Crippen LogP contribution in [-0.2, 0) is 11.3 Å². The lowest BCUT2D eigenvalue weighted by Gasteiger charge is -2.06. The van der Waals surface area contributed by atoms with Gasteiger partial charge in [-0.1, -0.05) is 6.07 Å². The molecule has 0 atom stereocenters. The van der Waals surface area contributed by atoms with Crippen LogP contribution in [0.4, 0.5) is 13.2 Å². The first-order valence-electron chi connectivity index (χ1n) is 6.38. The zero-order valence-corrected chi connectivity index (χ0v) is 12.2. The van der Waals surface area contributed by atoms with Crippen molar-refractivity contribution in [1.82, 2.24) is 19.5 Å². The molecule has 120 valence electrons. The van der Waals surface area contributed by atoms with Crippen molar-refractivity contribution in [3.05, 3.63) is 34.9 Å². The Morgan fingerprint density at radius 2 is 2.14 bits per heavy atom. The lowest BCUT2D eigenvalue weighted by atomic mass is 10.4. The van der Waals surface area contributed by atoms with E-state index in [0.29, 0.717) is 12.1 Å². The topological polar surface area (TPSA) is 68.4 Å². The zero-order chi connectivity index (χ0) is 16.2. The Morgan fingerprint density at radius 1 is 1.36 bits per heavy atom. The molecule has 1 amide bonds. The molecule has 0 saturated heterocycles. The number of alkyl halides is 3. The van der Waals surface area contributed by atoms with Gasteiger partial charge in [-0.2, -0.15) is 13.2 Å². The number of nitrogens with zero attached hydrogens (tertiary/aromatic N) is 3. The fraction of sp³-hybridized carbons (Fsp3) is 0.417. The van der Waals surface area contributed by atoms with Gasteiger partial charge in [0.15, 0.2) is 5.65 Å². The number of nitrogens with one attached hydrogen (secondary N) is 1. The summed E-state index contributed by atoms with van der Waals surface area (Å²) in [5.41, 5.74) is -4.20. The fourth-order valence-electron chi connectivity index (χ4n) is 1.77. The highest BCUT2D eigenvalue weighted by Gasteiger charge is 2.29. The largest absolute Gasteiger partial charge is 0.442 e. The summed E-state index contributed by atoms with van der Waals surface area (Å²) in [5, 5.41) is 6.47. The van der Waals surface area contributed by atoms with Gasteiger partial charge in [0.05, 0.1) is 5.75 Å². The third-order valence-electron chi connectivity index (χ3n) is 2.72. The van der Waals surface area contributed by atoms with Crippen molar-refractivity contribution in [2.24, 2.45) is 0 Å². The third-order valence-corrected chi connectivity index (χ3v) is 3.46. The van der Waals surface area contributed by atoms with Crippen LogP contribution in [0.2, 0.25) is 0 Å². The van der Waals surface area contributed by atoms with Gasteiger partial charge in [0.1, 0.15) is 0 Å². The molecule has 1 N–H and O–H groups in total. The van der Waals surface area contributed by atoms with Crippen molar-refractivity contribution < 1.29 is 18.0 Å². The van der Waals surface area contributed by atoms with Gasteiger partial charge in [-0.25, -0.2) is 9.48 Å². The average Bonchev–Trinajstić information content (AvgIpc) is 2.78. The molecular weight excluding hydrogens is 321 g/mol. The predicted octanol–water partition coefficient (Wildman–Crippen LogP) is 1.26. The Morgan fingerprint density at radius 3 is 2.82 bits per heavy atom. The van der Waals surface area contributed by atoms with Crippen LogP contribution in [0.5, 0.6) is 0 Å². The molecule has 2 heterocycles. The molecular formula is C12H13F3N4O2S. The minimum Gasteiger partial charge on any atom is -0.355 e. The van der Waals surface area contributed by atoms with Crippen LogP contribution in [0.3, 0.4) is 0 Å². The molecule has 22 heavy (non-hydrogen) atoms. The van der Waals surface area contributed by atoms with Gasteiger partial charge in [0.25, 0.3) is 0 Å². The van der Waals surface area contributed by atoms with Crippen molar-refractivity contribution in [2.75, 3.05) is 12.3 Å². The Kier molecular flexibility index (Phi) is 5.11. The second-order valence-electron chi connectivity index (χ2n) is 4.37. The summed E-state index contributed by atoms with van der Waals surface area (Å²) in [6.45, 7) is 0.449. The summed E-state index contributed by atoms with van der Waals surface area (Å²) in [4.78, 5) is 23.1. The molecule has 10 heteroatoms. The van der Waals surface area contributed by atoms with E-state index in [1.54, 1.807) is 24.4 Å². The van der Waals surface area contributed by atoms with Gasteiger partial charge in [-0.3, -0.25) is 9.20 Å². The van der Waals surface area contributed by atoms with E-state index < -0.39 is 17.2 Å². The maximum absolute atomic E-state index is 11.9. The Balaban J connectivity index is 1.77. The minimum absolute atomic E-state index is 0.178. The van der Waals surface area contributed by atoms with Crippen molar-refractivity contribution >= 4 is 23.3 Å². The number of halogens is 3. The van der Waals surface area contributed by atoms with E-state index in [0.717, 1.165) is 0 Å². The normalized spacial score (nSPS) is 11.8. The van der Waals surface area contributed by atoms with Gasteiger partial charge in [-0.05, 0) is 30.3 Å². The van der Waals surface area contributed by atoms with Crippen LogP contribution in [0.25, 0.3) is 5.65 Å². The SMILES string of the molecule is O=C(CSC(F)(F)F)NCCCn1nc2ccccn2c1=O. The first kappa shape index (κ1) is 16.4. The third kappa shape index (κ3) is 4.52. The van der Waals surface area contributed by atoms with Gasteiger partial charge >= 0.3 is 11.2 Å². The standard InChI is InChI=1S/C12H13F3N4O2S/c13-12(14,15)22-8-10(20)16-5-3-7-19-11(21)18-6-2-1-4-9(18)17-19/h1-2,4,6H,3,5,7-8H2,(H,16,20). The number of aryl methyl sites for hydroxylation is 1. The van der Waals surface area contributed by atoms with E-state index in [9.17, 15) is 22.8 Å². The van der Waals surface area contributed by atoms with Crippen molar-refractivity contribution in [1.29, 1.82) is 0 Å². The van der Waals surface area contributed by atoms with Crippen molar-refractivity contribution in [3.8, 4) is 0 Å². The van der Waals surface area contributed by atoms with E-state index >= 15 is 0 Å². The predicted molar refractivity (Wildman–Crippen MR) is 75.6 cm³/mol. The Labute approximate surface area is 127 Å². The van der Waals surface area contributed by atoms with Crippen LogP contribution in [0, 0.1) is 0 Å². The molecule has 0 aliphatic carbocycles. The molecule has 2 aromatic heterocycles. The van der Waals surface area contributed by atoms with Crippen LogP contribution in [-0.4, -0.2) is 37.9 Å². The maximum atomic E-state index is 11.9. The van der Waals surface area contributed by atoms with Crippen LogP contribution in [0.15, 0.2) is 29.2 Å². The number of rotatable bonds is 6. The first-order chi connectivity index (χ1) is 10.4.